The van der Waals surface area contributed by atoms with Gasteiger partial charge < -0.3 is 4.90 Å². The van der Waals surface area contributed by atoms with Gasteiger partial charge in [0, 0.05) is 41.8 Å². The molecule has 1 atom stereocenters. The van der Waals surface area contributed by atoms with Crippen LogP contribution in [0.1, 0.15) is 54.6 Å². The molecule has 136 valence electrons. The molecule has 0 spiro atoms. The van der Waals surface area contributed by atoms with Crippen LogP contribution in [0.2, 0.25) is 5.02 Å². The number of nitrogens with zero attached hydrogens (tertiary/aromatic N) is 3. The van der Waals surface area contributed by atoms with Crippen LogP contribution < -0.4 is 10.3 Å². The number of fused-ring (bicyclic) bond motifs is 1. The van der Waals surface area contributed by atoms with E-state index in [2.05, 4.69) is 54.3 Å². The minimum absolute atomic E-state index is 0.0872. The molecule has 0 fully saturated rings. The lowest BCUT2D eigenvalue weighted by Crippen LogP contribution is -2.45. The first kappa shape index (κ1) is 18.4. The molecular weight excluding hydrogens is 348 g/mol. The number of nitrogens with one attached hydrogen (secondary N) is 1. The van der Waals surface area contributed by atoms with Crippen LogP contribution in [0.3, 0.4) is 0 Å². The fourth-order valence-corrected chi connectivity index (χ4v) is 3.64. The van der Waals surface area contributed by atoms with Crippen LogP contribution in [-0.2, 0) is 0 Å². The molecule has 1 aromatic heterocycles. The molecule has 1 aliphatic heterocycles. The Morgan fingerprint density at radius 3 is 2.77 bits per heavy atom. The summed E-state index contributed by atoms with van der Waals surface area (Å²) in [6.07, 6.45) is 5.79. The van der Waals surface area contributed by atoms with Crippen molar-refractivity contribution >= 4 is 29.4 Å². The van der Waals surface area contributed by atoms with Crippen molar-refractivity contribution in [3.05, 3.63) is 58.4 Å². The van der Waals surface area contributed by atoms with Gasteiger partial charge in [0.15, 0.2) is 0 Å². The van der Waals surface area contributed by atoms with Crippen LogP contribution in [-0.4, -0.2) is 29.7 Å². The molecule has 26 heavy (non-hydrogen) atoms. The zero-order chi connectivity index (χ0) is 18.9. The molecule has 1 aliphatic rings. The molecule has 0 saturated carbocycles. The third-order valence-electron chi connectivity index (χ3n) is 5.06. The van der Waals surface area contributed by atoms with Crippen molar-refractivity contribution in [3.8, 4) is 0 Å². The summed E-state index contributed by atoms with van der Waals surface area (Å²) >= 11 is 6.46. The highest BCUT2D eigenvalue weighted by Crippen LogP contribution is 2.44. The van der Waals surface area contributed by atoms with Gasteiger partial charge in [0.25, 0.3) is 5.91 Å². The van der Waals surface area contributed by atoms with E-state index in [1.54, 1.807) is 30.7 Å². The summed E-state index contributed by atoms with van der Waals surface area (Å²) in [5.74, 6) is 0.139. The SMILES string of the molecule is CC1CC(C)(C)N(C)c2cc(Cl)c(/C=N\NC(=O)c3ccncc3)cc21. The van der Waals surface area contributed by atoms with Crippen molar-refractivity contribution in [2.24, 2.45) is 5.10 Å². The van der Waals surface area contributed by atoms with Crippen LogP contribution in [0.25, 0.3) is 0 Å². The Morgan fingerprint density at radius 2 is 2.08 bits per heavy atom. The average molecular weight is 371 g/mol. The summed E-state index contributed by atoms with van der Waals surface area (Å²) < 4.78 is 0. The first-order valence-electron chi connectivity index (χ1n) is 8.60. The van der Waals surface area contributed by atoms with E-state index in [0.29, 0.717) is 16.5 Å². The van der Waals surface area contributed by atoms with Crippen molar-refractivity contribution < 1.29 is 4.79 Å². The Hall–Kier alpha value is -2.40. The Morgan fingerprint density at radius 1 is 1.38 bits per heavy atom. The topological polar surface area (TPSA) is 57.6 Å². The van der Waals surface area contributed by atoms with E-state index in [1.165, 1.54) is 5.56 Å². The van der Waals surface area contributed by atoms with E-state index in [4.69, 9.17) is 11.6 Å². The molecule has 1 amide bonds. The zero-order valence-electron chi connectivity index (χ0n) is 15.5. The number of hydrazone groups is 1. The number of anilines is 1. The van der Waals surface area contributed by atoms with Crippen molar-refractivity contribution in [1.29, 1.82) is 0 Å². The summed E-state index contributed by atoms with van der Waals surface area (Å²) in [6.45, 7) is 6.71. The summed E-state index contributed by atoms with van der Waals surface area (Å²) in [5, 5.41) is 4.67. The summed E-state index contributed by atoms with van der Waals surface area (Å²) in [4.78, 5) is 18.2. The maximum atomic E-state index is 12.0. The van der Waals surface area contributed by atoms with Gasteiger partial charge in [-0.15, -0.1) is 0 Å². The number of carbonyl (C=O) groups excluding carboxylic acids is 1. The van der Waals surface area contributed by atoms with Gasteiger partial charge >= 0.3 is 0 Å². The van der Waals surface area contributed by atoms with Gasteiger partial charge in [-0.2, -0.15) is 5.10 Å². The number of rotatable bonds is 3. The van der Waals surface area contributed by atoms with Crippen LogP contribution in [0.15, 0.2) is 41.8 Å². The molecule has 2 heterocycles. The molecule has 6 heteroatoms. The minimum atomic E-state index is -0.285. The second kappa shape index (κ2) is 7.08. The average Bonchev–Trinajstić information content (AvgIpc) is 2.61. The lowest BCUT2D eigenvalue weighted by atomic mass is 9.80. The van der Waals surface area contributed by atoms with Crippen LogP contribution in [0.5, 0.6) is 0 Å². The van der Waals surface area contributed by atoms with Crippen molar-refractivity contribution in [2.45, 2.75) is 38.6 Å². The number of benzene rings is 1. The lowest BCUT2D eigenvalue weighted by molar-refractivity contribution is 0.0955. The zero-order valence-corrected chi connectivity index (χ0v) is 16.2. The lowest BCUT2D eigenvalue weighted by Gasteiger charge is -2.45. The first-order valence-corrected chi connectivity index (χ1v) is 8.98. The molecule has 1 aromatic carbocycles. The number of halogens is 1. The number of pyridine rings is 1. The maximum absolute atomic E-state index is 12.0. The van der Waals surface area contributed by atoms with E-state index in [-0.39, 0.29) is 11.4 Å². The van der Waals surface area contributed by atoms with Gasteiger partial charge in [0.2, 0.25) is 0 Å². The van der Waals surface area contributed by atoms with Gasteiger partial charge in [-0.25, -0.2) is 5.43 Å². The number of aromatic nitrogens is 1. The Bertz CT molecular complexity index is 848. The second-order valence-corrected chi connectivity index (χ2v) is 7.75. The molecule has 0 aliphatic carbocycles. The molecule has 3 rings (SSSR count). The van der Waals surface area contributed by atoms with E-state index in [9.17, 15) is 4.79 Å². The molecule has 0 bridgehead atoms. The number of hydrogen-bond donors (Lipinski definition) is 1. The normalized spacial score (nSPS) is 18.7. The van der Waals surface area contributed by atoms with Gasteiger partial charge in [-0.3, -0.25) is 9.78 Å². The molecular formula is C20H23ClN4O. The Kier molecular flexibility index (Phi) is 5.01. The van der Waals surface area contributed by atoms with Crippen molar-refractivity contribution in [1.82, 2.24) is 10.4 Å². The third-order valence-corrected chi connectivity index (χ3v) is 5.39. The highest BCUT2D eigenvalue weighted by molar-refractivity contribution is 6.33. The van der Waals surface area contributed by atoms with E-state index in [0.717, 1.165) is 17.7 Å². The monoisotopic (exact) mass is 370 g/mol. The molecule has 5 nitrogen and oxygen atoms in total. The third kappa shape index (κ3) is 3.58. The number of carbonyl (C=O) groups is 1. The quantitative estimate of drug-likeness (QED) is 0.650. The smallest absolute Gasteiger partial charge is 0.271 e. The Labute approximate surface area is 159 Å². The molecule has 2 aromatic rings. The van der Waals surface area contributed by atoms with Crippen LogP contribution in [0, 0.1) is 0 Å². The molecule has 0 saturated heterocycles. The van der Waals surface area contributed by atoms with Gasteiger partial charge in [-0.1, -0.05) is 18.5 Å². The fraction of sp³-hybridized carbons (Fsp3) is 0.350. The standard InChI is InChI=1S/C20H23ClN4O/c1-13-11-20(2,3)25(4)18-10-17(21)15(9-16(13)18)12-23-24-19(26)14-5-7-22-8-6-14/h5-10,12-13H,11H2,1-4H3,(H,24,26)/b23-12-. The summed E-state index contributed by atoms with van der Waals surface area (Å²) in [7, 11) is 2.10. The minimum Gasteiger partial charge on any atom is -0.369 e. The summed E-state index contributed by atoms with van der Waals surface area (Å²) in [6, 6.07) is 7.32. The maximum Gasteiger partial charge on any atom is 0.271 e. The van der Waals surface area contributed by atoms with E-state index < -0.39 is 0 Å². The predicted octanol–water partition coefficient (Wildman–Crippen LogP) is 4.22. The van der Waals surface area contributed by atoms with Crippen LogP contribution >= 0.6 is 11.6 Å². The van der Waals surface area contributed by atoms with Gasteiger partial charge in [0.05, 0.1) is 11.2 Å². The van der Waals surface area contributed by atoms with Crippen LogP contribution in [0.4, 0.5) is 5.69 Å². The highest BCUT2D eigenvalue weighted by atomic mass is 35.5. The number of amides is 1. The second-order valence-electron chi connectivity index (χ2n) is 7.34. The molecule has 1 unspecified atom stereocenters. The van der Waals surface area contributed by atoms with E-state index in [1.807, 2.05) is 6.07 Å². The largest absolute Gasteiger partial charge is 0.369 e. The highest BCUT2D eigenvalue weighted by Gasteiger charge is 2.34. The Balaban J connectivity index is 1.82. The fourth-order valence-electron chi connectivity index (χ4n) is 3.43. The molecule has 0 radical (unpaired) electrons. The number of hydrogen-bond acceptors (Lipinski definition) is 4. The molecule has 1 N–H and O–H groups in total. The van der Waals surface area contributed by atoms with Crippen molar-refractivity contribution in [3.63, 3.8) is 0 Å². The van der Waals surface area contributed by atoms with E-state index >= 15 is 0 Å². The van der Waals surface area contributed by atoms with Gasteiger partial charge in [-0.05, 0) is 56.0 Å². The first-order chi connectivity index (χ1) is 12.3. The summed E-state index contributed by atoms with van der Waals surface area (Å²) in [5.41, 5.74) is 6.30. The van der Waals surface area contributed by atoms with Gasteiger partial charge in [0.1, 0.15) is 0 Å². The van der Waals surface area contributed by atoms with Crippen molar-refractivity contribution in [2.75, 3.05) is 11.9 Å². The predicted molar refractivity (Wildman–Crippen MR) is 106 cm³/mol.